The molecule has 1 N–H and O–H groups in total. The molecule has 0 spiro atoms. The summed E-state index contributed by atoms with van der Waals surface area (Å²) in [5, 5.41) is 5.11. The van der Waals surface area contributed by atoms with Crippen LogP contribution < -0.4 is 10.2 Å². The number of benzene rings is 1. The van der Waals surface area contributed by atoms with Crippen LogP contribution in [0.25, 0.3) is 22.2 Å². The summed E-state index contributed by atoms with van der Waals surface area (Å²) < 4.78 is 0. The second kappa shape index (κ2) is 5.32. The molecule has 0 aliphatic heterocycles. The van der Waals surface area contributed by atoms with Gasteiger partial charge in [0.05, 0.1) is 0 Å². The standard InChI is InChI=1S/C15H16N6/c1-16-14-18-13(19-15(20-14)21(2)3)11-6-4-5-10-7-8-17-9-12(10)11/h4-9H,1-3H3,(H,16,18,19,20). The van der Waals surface area contributed by atoms with Gasteiger partial charge in [0, 0.05) is 44.5 Å². The first-order valence-electron chi connectivity index (χ1n) is 6.63. The molecule has 0 unspecified atom stereocenters. The Morgan fingerprint density at radius 3 is 2.67 bits per heavy atom. The number of nitrogens with zero attached hydrogens (tertiary/aromatic N) is 5. The molecular weight excluding hydrogens is 264 g/mol. The van der Waals surface area contributed by atoms with Crippen molar-refractivity contribution in [1.82, 2.24) is 19.9 Å². The topological polar surface area (TPSA) is 66.8 Å². The molecule has 6 nitrogen and oxygen atoms in total. The van der Waals surface area contributed by atoms with Crippen molar-refractivity contribution in [1.29, 1.82) is 0 Å². The first-order valence-corrected chi connectivity index (χ1v) is 6.63. The molecule has 2 heterocycles. The lowest BCUT2D eigenvalue weighted by atomic mass is 10.1. The largest absolute Gasteiger partial charge is 0.357 e. The summed E-state index contributed by atoms with van der Waals surface area (Å²) in [6, 6.07) is 8.02. The first-order chi connectivity index (χ1) is 10.2. The highest BCUT2D eigenvalue weighted by Crippen LogP contribution is 2.26. The summed E-state index contributed by atoms with van der Waals surface area (Å²) >= 11 is 0. The number of aromatic nitrogens is 4. The zero-order valence-corrected chi connectivity index (χ0v) is 12.2. The van der Waals surface area contributed by atoms with Crippen LogP contribution in [-0.2, 0) is 0 Å². The summed E-state index contributed by atoms with van der Waals surface area (Å²) in [6.07, 6.45) is 3.62. The molecule has 21 heavy (non-hydrogen) atoms. The van der Waals surface area contributed by atoms with Gasteiger partial charge in [-0.3, -0.25) is 4.98 Å². The van der Waals surface area contributed by atoms with Crippen LogP contribution >= 0.6 is 0 Å². The van der Waals surface area contributed by atoms with Crippen LogP contribution in [0.3, 0.4) is 0 Å². The highest BCUT2D eigenvalue weighted by molar-refractivity contribution is 5.94. The second-order valence-corrected chi connectivity index (χ2v) is 4.83. The van der Waals surface area contributed by atoms with E-state index >= 15 is 0 Å². The lowest BCUT2D eigenvalue weighted by molar-refractivity contribution is 0.964. The average molecular weight is 280 g/mol. The van der Waals surface area contributed by atoms with E-state index in [4.69, 9.17) is 0 Å². The fourth-order valence-corrected chi connectivity index (χ4v) is 2.11. The van der Waals surface area contributed by atoms with Crippen LogP contribution in [0.4, 0.5) is 11.9 Å². The number of hydrogen-bond donors (Lipinski definition) is 1. The van der Waals surface area contributed by atoms with Gasteiger partial charge in [-0.2, -0.15) is 15.0 Å². The SMILES string of the molecule is CNc1nc(-c2cccc3ccncc23)nc(N(C)C)n1. The minimum Gasteiger partial charge on any atom is -0.357 e. The lowest BCUT2D eigenvalue weighted by Crippen LogP contribution is -2.15. The van der Waals surface area contributed by atoms with Crippen LogP contribution in [0.1, 0.15) is 0 Å². The quantitative estimate of drug-likeness (QED) is 0.793. The minimum atomic E-state index is 0.546. The Hall–Kier alpha value is -2.76. The van der Waals surface area contributed by atoms with Crippen LogP contribution in [0.2, 0.25) is 0 Å². The van der Waals surface area contributed by atoms with Gasteiger partial charge in [-0.1, -0.05) is 18.2 Å². The highest BCUT2D eigenvalue weighted by atomic mass is 15.3. The van der Waals surface area contributed by atoms with Gasteiger partial charge in [-0.05, 0) is 11.5 Å². The Kier molecular flexibility index (Phi) is 3.35. The van der Waals surface area contributed by atoms with Crippen molar-refractivity contribution < 1.29 is 0 Å². The van der Waals surface area contributed by atoms with Crippen molar-refractivity contribution in [2.45, 2.75) is 0 Å². The van der Waals surface area contributed by atoms with E-state index in [1.165, 1.54) is 0 Å². The van der Waals surface area contributed by atoms with Crippen LogP contribution in [0.5, 0.6) is 0 Å². The normalized spacial score (nSPS) is 10.6. The summed E-state index contributed by atoms with van der Waals surface area (Å²) in [5.41, 5.74) is 0.947. The molecule has 1 aromatic carbocycles. The van der Waals surface area contributed by atoms with Crippen molar-refractivity contribution in [3.8, 4) is 11.4 Å². The second-order valence-electron chi connectivity index (χ2n) is 4.83. The van der Waals surface area contributed by atoms with E-state index < -0.39 is 0 Å². The van der Waals surface area contributed by atoms with Crippen molar-refractivity contribution in [3.05, 3.63) is 36.7 Å². The van der Waals surface area contributed by atoms with E-state index in [1.54, 1.807) is 13.2 Å². The molecule has 0 aliphatic carbocycles. The Balaban J connectivity index is 2.25. The summed E-state index contributed by atoms with van der Waals surface area (Å²) in [7, 11) is 5.61. The van der Waals surface area contributed by atoms with Gasteiger partial charge in [-0.25, -0.2) is 0 Å². The molecular formula is C15H16N6. The van der Waals surface area contributed by atoms with Gasteiger partial charge < -0.3 is 10.2 Å². The monoisotopic (exact) mass is 280 g/mol. The number of rotatable bonds is 3. The molecule has 6 heteroatoms. The Morgan fingerprint density at radius 1 is 1.05 bits per heavy atom. The molecule has 3 aromatic rings. The van der Waals surface area contributed by atoms with Crippen LogP contribution in [-0.4, -0.2) is 41.1 Å². The Morgan fingerprint density at radius 2 is 1.90 bits per heavy atom. The molecule has 0 radical (unpaired) electrons. The highest BCUT2D eigenvalue weighted by Gasteiger charge is 2.11. The van der Waals surface area contributed by atoms with E-state index in [9.17, 15) is 0 Å². The predicted molar refractivity (Wildman–Crippen MR) is 84.4 cm³/mol. The fraction of sp³-hybridized carbons (Fsp3) is 0.200. The minimum absolute atomic E-state index is 0.546. The third-order valence-corrected chi connectivity index (χ3v) is 3.17. The van der Waals surface area contributed by atoms with E-state index in [0.717, 1.165) is 16.3 Å². The summed E-state index contributed by atoms with van der Waals surface area (Å²) in [4.78, 5) is 19.4. The number of nitrogens with one attached hydrogen (secondary N) is 1. The lowest BCUT2D eigenvalue weighted by Gasteiger charge is -2.13. The number of anilines is 2. The van der Waals surface area contributed by atoms with Crippen LogP contribution in [0, 0.1) is 0 Å². The van der Waals surface area contributed by atoms with Gasteiger partial charge in [-0.15, -0.1) is 0 Å². The Labute approximate surface area is 122 Å². The van der Waals surface area contributed by atoms with Crippen molar-refractivity contribution >= 4 is 22.7 Å². The number of hydrogen-bond acceptors (Lipinski definition) is 6. The van der Waals surface area contributed by atoms with E-state index in [2.05, 4.69) is 25.3 Å². The van der Waals surface area contributed by atoms with Gasteiger partial charge in [0.2, 0.25) is 11.9 Å². The van der Waals surface area contributed by atoms with Gasteiger partial charge in [0.15, 0.2) is 5.82 Å². The molecule has 3 rings (SSSR count). The maximum absolute atomic E-state index is 4.54. The van der Waals surface area contributed by atoms with Crippen molar-refractivity contribution in [2.24, 2.45) is 0 Å². The molecule has 2 aromatic heterocycles. The number of pyridine rings is 1. The molecule has 0 aliphatic rings. The molecule has 0 saturated carbocycles. The van der Waals surface area contributed by atoms with E-state index in [-0.39, 0.29) is 0 Å². The molecule has 0 saturated heterocycles. The average Bonchev–Trinajstić information content (AvgIpc) is 2.53. The van der Waals surface area contributed by atoms with E-state index in [0.29, 0.717) is 17.7 Å². The first kappa shape index (κ1) is 13.2. The number of fused-ring (bicyclic) bond motifs is 1. The zero-order chi connectivity index (χ0) is 14.8. The third kappa shape index (κ3) is 2.47. The van der Waals surface area contributed by atoms with Gasteiger partial charge in [0.25, 0.3) is 0 Å². The zero-order valence-electron chi connectivity index (χ0n) is 12.2. The summed E-state index contributed by atoms with van der Waals surface area (Å²) in [6.45, 7) is 0. The molecule has 106 valence electrons. The maximum atomic E-state index is 4.54. The third-order valence-electron chi connectivity index (χ3n) is 3.17. The van der Waals surface area contributed by atoms with Crippen LogP contribution in [0.15, 0.2) is 36.7 Å². The molecule has 0 bridgehead atoms. The van der Waals surface area contributed by atoms with Gasteiger partial charge in [0.1, 0.15) is 0 Å². The Bertz CT molecular complexity index is 779. The van der Waals surface area contributed by atoms with E-state index in [1.807, 2.05) is 49.5 Å². The fourth-order valence-electron chi connectivity index (χ4n) is 2.11. The molecule has 0 fully saturated rings. The maximum Gasteiger partial charge on any atom is 0.230 e. The smallest absolute Gasteiger partial charge is 0.230 e. The summed E-state index contributed by atoms with van der Waals surface area (Å²) in [5.74, 6) is 1.80. The van der Waals surface area contributed by atoms with Gasteiger partial charge >= 0.3 is 0 Å². The van der Waals surface area contributed by atoms with Crippen molar-refractivity contribution in [3.63, 3.8) is 0 Å². The molecule has 0 atom stereocenters. The predicted octanol–water partition coefficient (Wildman–Crippen LogP) is 2.19. The van der Waals surface area contributed by atoms with Crippen molar-refractivity contribution in [2.75, 3.05) is 31.4 Å². The molecule has 0 amide bonds.